The molecule has 0 unspecified atom stereocenters. The zero-order chi connectivity index (χ0) is 20.5. The number of ether oxygens (including phenoxy) is 3. The molecule has 0 bridgehead atoms. The van der Waals surface area contributed by atoms with E-state index in [1.807, 2.05) is 0 Å². The third-order valence-electron chi connectivity index (χ3n) is 4.73. The lowest BCUT2D eigenvalue weighted by Crippen LogP contribution is -2.35. The number of hydrogen-bond donors (Lipinski definition) is 1. The fraction of sp³-hybridized carbons (Fsp3) is 0.182. The predicted octanol–water partition coefficient (Wildman–Crippen LogP) is 4.28. The number of aromatic nitrogens is 2. The van der Waals surface area contributed by atoms with Crippen molar-refractivity contribution in [3.8, 4) is 17.2 Å². The maximum atomic E-state index is 13.3. The third kappa shape index (κ3) is 3.79. The minimum atomic E-state index is -0.872. The summed E-state index contributed by atoms with van der Waals surface area (Å²) in [5, 5.41) is 11.5. The van der Waals surface area contributed by atoms with Crippen LogP contribution in [0.5, 0.6) is 17.2 Å². The van der Waals surface area contributed by atoms with E-state index in [0.29, 0.717) is 28.3 Å². The molecule has 5 rings (SSSR count). The van der Waals surface area contributed by atoms with Crippen molar-refractivity contribution in [2.24, 2.45) is 0 Å². The lowest BCUT2D eigenvalue weighted by molar-refractivity contribution is -0.0106. The number of thiazole rings is 1. The van der Waals surface area contributed by atoms with Crippen LogP contribution in [0.25, 0.3) is 10.2 Å². The molecular formula is C22H17FN2O4S. The molecule has 4 aromatic rings. The van der Waals surface area contributed by atoms with Gasteiger partial charge in [0, 0.05) is 17.8 Å². The van der Waals surface area contributed by atoms with E-state index in [0.717, 1.165) is 9.71 Å². The molecular weight excluding hydrogens is 407 g/mol. The van der Waals surface area contributed by atoms with Crippen molar-refractivity contribution in [1.29, 1.82) is 0 Å². The summed E-state index contributed by atoms with van der Waals surface area (Å²) in [6.07, 6.45) is 1.81. The average Bonchev–Trinajstić information content (AvgIpc) is 3.17. The Hall–Kier alpha value is -3.23. The number of rotatable bonds is 5. The van der Waals surface area contributed by atoms with E-state index in [9.17, 15) is 9.50 Å². The highest BCUT2D eigenvalue weighted by molar-refractivity contribution is 7.18. The first kappa shape index (κ1) is 18.8. The van der Waals surface area contributed by atoms with Gasteiger partial charge in [-0.1, -0.05) is 0 Å². The molecule has 30 heavy (non-hydrogen) atoms. The lowest BCUT2D eigenvalue weighted by atomic mass is 10.0. The van der Waals surface area contributed by atoms with E-state index < -0.39 is 12.2 Å². The molecule has 6 nitrogen and oxygen atoms in total. The van der Waals surface area contributed by atoms with Crippen molar-refractivity contribution in [2.45, 2.75) is 18.8 Å². The first-order chi connectivity index (χ1) is 14.7. The van der Waals surface area contributed by atoms with Crippen LogP contribution in [-0.2, 0) is 6.61 Å². The smallest absolute Gasteiger partial charge is 0.163 e. The number of fused-ring (bicyclic) bond motifs is 2. The van der Waals surface area contributed by atoms with Crippen LogP contribution in [0.2, 0.25) is 0 Å². The van der Waals surface area contributed by atoms with Gasteiger partial charge in [-0.15, -0.1) is 11.3 Å². The van der Waals surface area contributed by atoms with Gasteiger partial charge in [0.25, 0.3) is 0 Å². The minimum Gasteiger partial charge on any atom is -0.489 e. The number of hydrogen-bond acceptors (Lipinski definition) is 7. The van der Waals surface area contributed by atoms with Gasteiger partial charge in [0.15, 0.2) is 6.10 Å². The molecule has 0 spiro atoms. The Bertz CT molecular complexity index is 1180. The summed E-state index contributed by atoms with van der Waals surface area (Å²) in [6.45, 7) is 0.470. The summed E-state index contributed by atoms with van der Waals surface area (Å²) in [7, 11) is 0. The average molecular weight is 424 g/mol. The first-order valence-electron chi connectivity index (χ1n) is 9.35. The monoisotopic (exact) mass is 424 g/mol. The predicted molar refractivity (Wildman–Crippen MR) is 109 cm³/mol. The SMILES string of the molecule is O[C@@H]1c2cc(OCc3nc4cc(F)ccc4s3)ccc2OC[C@@H]1Oc1cccnc1. The Morgan fingerprint density at radius 2 is 2.10 bits per heavy atom. The molecule has 0 saturated carbocycles. The van der Waals surface area contributed by atoms with Crippen LogP contribution in [-0.4, -0.2) is 27.8 Å². The van der Waals surface area contributed by atoms with Crippen molar-refractivity contribution in [3.63, 3.8) is 0 Å². The molecule has 2 atom stereocenters. The summed E-state index contributed by atoms with van der Waals surface area (Å²) >= 11 is 1.45. The molecule has 1 aliphatic heterocycles. The van der Waals surface area contributed by atoms with Crippen LogP contribution in [0, 0.1) is 5.82 Å². The number of pyridine rings is 1. The highest BCUT2D eigenvalue weighted by atomic mass is 32.1. The number of nitrogens with zero attached hydrogens (tertiary/aromatic N) is 2. The van der Waals surface area contributed by atoms with Gasteiger partial charge in [0.2, 0.25) is 0 Å². The number of halogens is 1. The maximum absolute atomic E-state index is 13.3. The summed E-state index contributed by atoms with van der Waals surface area (Å²) in [5.41, 5.74) is 1.21. The van der Waals surface area contributed by atoms with Crippen LogP contribution in [0.4, 0.5) is 4.39 Å². The Labute approximate surface area is 175 Å². The number of aliphatic hydroxyl groups excluding tert-OH is 1. The van der Waals surface area contributed by atoms with Gasteiger partial charge in [-0.05, 0) is 42.5 Å². The van der Waals surface area contributed by atoms with E-state index in [4.69, 9.17) is 14.2 Å². The van der Waals surface area contributed by atoms with E-state index in [-0.39, 0.29) is 19.0 Å². The van der Waals surface area contributed by atoms with Gasteiger partial charge in [-0.3, -0.25) is 4.98 Å². The zero-order valence-electron chi connectivity index (χ0n) is 15.7. The molecule has 2 aromatic carbocycles. The van der Waals surface area contributed by atoms with Crippen molar-refractivity contribution in [2.75, 3.05) is 6.61 Å². The second-order valence-electron chi connectivity index (χ2n) is 6.81. The first-order valence-corrected chi connectivity index (χ1v) is 10.2. The molecule has 0 fully saturated rings. The molecule has 0 aliphatic carbocycles. The Balaban J connectivity index is 1.30. The van der Waals surface area contributed by atoms with Gasteiger partial charge >= 0.3 is 0 Å². The second-order valence-corrected chi connectivity index (χ2v) is 7.92. The molecule has 0 saturated heterocycles. The topological polar surface area (TPSA) is 73.7 Å². The third-order valence-corrected chi connectivity index (χ3v) is 5.74. The molecule has 8 heteroatoms. The van der Waals surface area contributed by atoms with Gasteiger partial charge in [-0.25, -0.2) is 9.37 Å². The van der Waals surface area contributed by atoms with E-state index in [2.05, 4.69) is 9.97 Å². The largest absolute Gasteiger partial charge is 0.489 e. The summed E-state index contributed by atoms with van der Waals surface area (Å²) in [6, 6.07) is 13.4. The van der Waals surface area contributed by atoms with E-state index >= 15 is 0 Å². The number of aliphatic hydroxyl groups is 1. The number of benzene rings is 2. The van der Waals surface area contributed by atoms with Crippen LogP contribution in [0.3, 0.4) is 0 Å². The summed E-state index contributed by atoms with van der Waals surface area (Å²) in [5.74, 6) is 1.42. The fourth-order valence-corrected chi connectivity index (χ4v) is 4.15. The van der Waals surface area contributed by atoms with Gasteiger partial charge < -0.3 is 19.3 Å². The van der Waals surface area contributed by atoms with Gasteiger partial charge in [0.1, 0.15) is 47.4 Å². The molecule has 152 valence electrons. The highest BCUT2D eigenvalue weighted by Gasteiger charge is 2.31. The Morgan fingerprint density at radius 1 is 1.17 bits per heavy atom. The molecule has 2 aromatic heterocycles. The van der Waals surface area contributed by atoms with Crippen molar-refractivity contribution in [1.82, 2.24) is 9.97 Å². The lowest BCUT2D eigenvalue weighted by Gasteiger charge is -2.30. The minimum absolute atomic E-state index is 0.228. The molecule has 3 heterocycles. The fourth-order valence-electron chi connectivity index (χ4n) is 3.29. The van der Waals surface area contributed by atoms with Crippen LogP contribution >= 0.6 is 11.3 Å². The Morgan fingerprint density at radius 3 is 2.97 bits per heavy atom. The molecule has 0 radical (unpaired) electrons. The van der Waals surface area contributed by atoms with Crippen molar-refractivity contribution in [3.05, 3.63) is 77.3 Å². The zero-order valence-corrected chi connectivity index (χ0v) is 16.5. The van der Waals surface area contributed by atoms with Gasteiger partial charge in [-0.2, -0.15) is 0 Å². The van der Waals surface area contributed by atoms with E-state index in [1.54, 1.807) is 48.8 Å². The molecule has 1 aliphatic rings. The standard InChI is InChI=1S/C22H17FN2O4S/c23-13-3-6-20-17(8-13)25-21(30-20)12-27-14-4-5-18-16(9-14)22(26)19(11-28-18)29-15-2-1-7-24-10-15/h1-10,19,22,26H,11-12H2/t19-,22+/m0/s1. The second kappa shape index (κ2) is 7.89. The van der Waals surface area contributed by atoms with Crippen LogP contribution in [0.1, 0.15) is 16.7 Å². The van der Waals surface area contributed by atoms with Crippen molar-refractivity contribution < 1.29 is 23.7 Å². The van der Waals surface area contributed by atoms with E-state index in [1.165, 1.54) is 23.5 Å². The summed E-state index contributed by atoms with van der Waals surface area (Å²) in [4.78, 5) is 8.42. The molecule has 0 amide bonds. The van der Waals surface area contributed by atoms with Crippen LogP contribution < -0.4 is 14.2 Å². The van der Waals surface area contributed by atoms with Crippen LogP contribution in [0.15, 0.2) is 60.9 Å². The Kier molecular flexibility index (Phi) is 4.94. The summed E-state index contributed by atoms with van der Waals surface area (Å²) < 4.78 is 31.7. The maximum Gasteiger partial charge on any atom is 0.163 e. The molecule has 1 N–H and O–H groups in total. The quantitative estimate of drug-likeness (QED) is 0.515. The normalized spacial score (nSPS) is 17.9. The highest BCUT2D eigenvalue weighted by Crippen LogP contribution is 2.36. The van der Waals surface area contributed by atoms with Crippen molar-refractivity contribution >= 4 is 21.6 Å². The van der Waals surface area contributed by atoms with Gasteiger partial charge in [0.05, 0.1) is 16.4 Å².